The molecule has 0 spiro atoms. The molecule has 1 aliphatic heterocycles. The van der Waals surface area contributed by atoms with Gasteiger partial charge in [-0.05, 0) is 36.4 Å². The summed E-state index contributed by atoms with van der Waals surface area (Å²) < 4.78 is 47.2. The highest BCUT2D eigenvalue weighted by molar-refractivity contribution is 7.89. The normalized spacial score (nSPS) is 18.2. The minimum absolute atomic E-state index is 0.322. The number of thiophene rings is 1. The first-order valence-electron chi connectivity index (χ1n) is 6.94. The minimum Gasteiger partial charge on any atom is -0.381 e. The largest absolute Gasteiger partial charge is 0.381 e. The Kier molecular flexibility index (Phi) is 4.31. The highest BCUT2D eigenvalue weighted by Gasteiger charge is 2.40. The zero-order chi connectivity index (χ0) is 15.6. The molecule has 1 aromatic carbocycles. The van der Waals surface area contributed by atoms with Crippen molar-refractivity contribution in [3.05, 3.63) is 52.5 Å². The molecule has 0 amide bonds. The number of halogens is 1. The molecule has 0 saturated carbocycles. The van der Waals surface area contributed by atoms with E-state index in [4.69, 9.17) is 4.74 Å². The van der Waals surface area contributed by atoms with Crippen LogP contribution in [0.4, 0.5) is 4.39 Å². The molecule has 7 heteroatoms. The second kappa shape index (κ2) is 6.08. The third kappa shape index (κ3) is 2.94. The van der Waals surface area contributed by atoms with E-state index in [1.54, 1.807) is 0 Å². The lowest BCUT2D eigenvalue weighted by Crippen LogP contribution is -2.49. The molecule has 1 saturated heterocycles. The molecule has 0 unspecified atom stereocenters. The maximum Gasteiger partial charge on any atom is 0.244 e. The van der Waals surface area contributed by atoms with Crippen molar-refractivity contribution in [1.29, 1.82) is 0 Å². The topological polar surface area (TPSA) is 55.4 Å². The third-order valence-electron chi connectivity index (χ3n) is 3.80. The second-order valence-electron chi connectivity index (χ2n) is 5.21. The van der Waals surface area contributed by atoms with E-state index in [9.17, 15) is 12.8 Å². The lowest BCUT2D eigenvalue weighted by atomic mass is 9.90. The number of sulfonamides is 1. The molecule has 2 heterocycles. The van der Waals surface area contributed by atoms with Crippen LogP contribution in [-0.2, 0) is 20.3 Å². The van der Waals surface area contributed by atoms with Crippen molar-refractivity contribution < 1.29 is 17.5 Å². The molecule has 0 aliphatic carbocycles. The summed E-state index contributed by atoms with van der Waals surface area (Å²) in [6.45, 7) is 0.940. The van der Waals surface area contributed by atoms with Crippen LogP contribution in [0.3, 0.4) is 0 Å². The van der Waals surface area contributed by atoms with Gasteiger partial charge in [-0.15, -0.1) is 11.3 Å². The molecule has 22 heavy (non-hydrogen) atoms. The standard InChI is InChI=1S/C15H16FNO3S2/c16-12-4-1-2-5-13(12)22(18,19)17-15(7-9-20-10-8-15)14-6-3-11-21-14/h1-6,11,17H,7-10H2. The predicted octanol–water partition coefficient (Wildman–Crippen LogP) is 2.87. The van der Waals surface area contributed by atoms with Crippen molar-refractivity contribution in [3.63, 3.8) is 0 Å². The maximum absolute atomic E-state index is 13.9. The fourth-order valence-corrected chi connectivity index (χ4v) is 5.17. The van der Waals surface area contributed by atoms with Gasteiger partial charge in [0.05, 0.1) is 5.54 Å². The Labute approximate surface area is 133 Å². The Bertz CT molecular complexity index is 738. The van der Waals surface area contributed by atoms with E-state index < -0.39 is 21.4 Å². The molecule has 1 aliphatic rings. The number of ether oxygens (including phenoxy) is 1. The van der Waals surface area contributed by atoms with Crippen LogP contribution in [0.25, 0.3) is 0 Å². The van der Waals surface area contributed by atoms with E-state index in [0.29, 0.717) is 26.1 Å². The summed E-state index contributed by atoms with van der Waals surface area (Å²) >= 11 is 1.49. The highest BCUT2D eigenvalue weighted by atomic mass is 32.2. The van der Waals surface area contributed by atoms with Crippen LogP contribution in [0.2, 0.25) is 0 Å². The van der Waals surface area contributed by atoms with E-state index in [-0.39, 0.29) is 4.90 Å². The van der Waals surface area contributed by atoms with E-state index >= 15 is 0 Å². The van der Waals surface area contributed by atoms with Gasteiger partial charge in [0.1, 0.15) is 10.7 Å². The molecule has 2 aromatic rings. The average Bonchev–Trinajstić information content (AvgIpc) is 3.03. The third-order valence-corrected chi connectivity index (χ3v) is 6.44. The SMILES string of the molecule is O=S(=O)(NC1(c2cccs2)CCOCC1)c1ccccc1F. The number of rotatable bonds is 4. The van der Waals surface area contributed by atoms with E-state index in [2.05, 4.69) is 4.72 Å². The van der Waals surface area contributed by atoms with Gasteiger partial charge in [-0.2, -0.15) is 4.72 Å². The van der Waals surface area contributed by atoms with Crippen LogP contribution in [0.5, 0.6) is 0 Å². The maximum atomic E-state index is 13.9. The molecule has 4 nitrogen and oxygen atoms in total. The second-order valence-corrected chi connectivity index (χ2v) is 7.81. The Balaban J connectivity index is 1.99. The summed E-state index contributed by atoms with van der Waals surface area (Å²) in [5.41, 5.74) is -0.729. The van der Waals surface area contributed by atoms with Crippen molar-refractivity contribution in [2.75, 3.05) is 13.2 Å². The Hall–Kier alpha value is -1.28. The summed E-state index contributed by atoms with van der Waals surface area (Å²) in [5, 5.41) is 1.91. The van der Waals surface area contributed by atoms with E-state index in [1.807, 2.05) is 17.5 Å². The first-order chi connectivity index (χ1) is 10.5. The smallest absolute Gasteiger partial charge is 0.244 e. The van der Waals surface area contributed by atoms with Crippen molar-refractivity contribution in [1.82, 2.24) is 4.72 Å². The van der Waals surface area contributed by atoms with Gasteiger partial charge in [-0.3, -0.25) is 0 Å². The van der Waals surface area contributed by atoms with Gasteiger partial charge >= 0.3 is 0 Å². The number of hydrogen-bond donors (Lipinski definition) is 1. The van der Waals surface area contributed by atoms with Crippen molar-refractivity contribution in [2.24, 2.45) is 0 Å². The summed E-state index contributed by atoms with van der Waals surface area (Å²) in [4.78, 5) is 0.605. The van der Waals surface area contributed by atoms with Gasteiger partial charge in [0.25, 0.3) is 0 Å². The predicted molar refractivity (Wildman–Crippen MR) is 82.8 cm³/mol. The Morgan fingerprint density at radius 2 is 1.86 bits per heavy atom. The molecule has 0 radical (unpaired) electrons. The van der Waals surface area contributed by atoms with Gasteiger partial charge < -0.3 is 4.74 Å². The summed E-state index contributed by atoms with van der Waals surface area (Å²) in [7, 11) is -3.95. The molecule has 1 N–H and O–H groups in total. The van der Waals surface area contributed by atoms with Crippen LogP contribution in [0.1, 0.15) is 17.7 Å². The van der Waals surface area contributed by atoms with Crippen molar-refractivity contribution in [2.45, 2.75) is 23.3 Å². The van der Waals surface area contributed by atoms with Crippen LogP contribution in [0.15, 0.2) is 46.7 Å². The fraction of sp³-hybridized carbons (Fsp3) is 0.333. The molecule has 118 valence electrons. The van der Waals surface area contributed by atoms with E-state index in [1.165, 1.54) is 29.5 Å². The van der Waals surface area contributed by atoms with Crippen LogP contribution in [-0.4, -0.2) is 21.6 Å². The lowest BCUT2D eigenvalue weighted by Gasteiger charge is -2.36. The summed E-state index contributed by atoms with van der Waals surface area (Å²) in [5.74, 6) is -0.747. The lowest BCUT2D eigenvalue weighted by molar-refractivity contribution is 0.0472. The zero-order valence-electron chi connectivity index (χ0n) is 11.8. The molecular weight excluding hydrogens is 325 g/mol. The number of nitrogens with one attached hydrogen (secondary N) is 1. The van der Waals surface area contributed by atoms with Crippen LogP contribution in [0, 0.1) is 5.82 Å². The molecule has 1 aromatic heterocycles. The van der Waals surface area contributed by atoms with Gasteiger partial charge in [0.15, 0.2) is 0 Å². The molecular formula is C15H16FNO3S2. The molecule has 0 atom stereocenters. The monoisotopic (exact) mass is 341 g/mol. The van der Waals surface area contributed by atoms with Crippen LogP contribution < -0.4 is 4.72 Å². The first-order valence-corrected chi connectivity index (χ1v) is 9.30. The number of benzene rings is 1. The van der Waals surface area contributed by atoms with Gasteiger partial charge in [-0.25, -0.2) is 12.8 Å². The molecule has 0 bridgehead atoms. The van der Waals surface area contributed by atoms with Crippen molar-refractivity contribution in [3.8, 4) is 0 Å². The van der Waals surface area contributed by atoms with Gasteiger partial charge in [0, 0.05) is 18.1 Å². The minimum atomic E-state index is -3.95. The highest BCUT2D eigenvalue weighted by Crippen LogP contribution is 2.36. The Morgan fingerprint density at radius 3 is 2.50 bits per heavy atom. The number of hydrogen-bond acceptors (Lipinski definition) is 4. The fourth-order valence-electron chi connectivity index (χ4n) is 2.64. The van der Waals surface area contributed by atoms with Gasteiger partial charge in [-0.1, -0.05) is 18.2 Å². The zero-order valence-corrected chi connectivity index (χ0v) is 13.4. The average molecular weight is 341 g/mol. The van der Waals surface area contributed by atoms with Gasteiger partial charge in [0.2, 0.25) is 10.0 Å². The summed E-state index contributed by atoms with van der Waals surface area (Å²) in [6, 6.07) is 9.20. The van der Waals surface area contributed by atoms with Crippen molar-refractivity contribution >= 4 is 21.4 Å². The summed E-state index contributed by atoms with van der Waals surface area (Å²) in [6.07, 6.45) is 1.06. The van der Waals surface area contributed by atoms with E-state index in [0.717, 1.165) is 10.9 Å². The molecule has 3 rings (SSSR count). The van der Waals surface area contributed by atoms with Crippen LogP contribution >= 0.6 is 11.3 Å². The Morgan fingerprint density at radius 1 is 1.14 bits per heavy atom. The quantitative estimate of drug-likeness (QED) is 0.930. The first kappa shape index (κ1) is 15.6. The molecule has 1 fully saturated rings.